The van der Waals surface area contributed by atoms with Crippen molar-refractivity contribution in [2.24, 2.45) is 0 Å². The summed E-state index contributed by atoms with van der Waals surface area (Å²) in [6, 6.07) is 14.8. The topological polar surface area (TPSA) is 91.7 Å². The van der Waals surface area contributed by atoms with Crippen LogP contribution >= 0.6 is 27.3 Å². The maximum Gasteiger partial charge on any atom is 0.261 e. The number of nitrogens with one attached hydrogen (secondary N) is 2. The Bertz CT molecular complexity index is 1020. The van der Waals surface area contributed by atoms with Crippen molar-refractivity contribution in [3.8, 4) is 11.3 Å². The van der Waals surface area contributed by atoms with Crippen LogP contribution in [0.15, 0.2) is 62.8 Å². The summed E-state index contributed by atoms with van der Waals surface area (Å²) < 4.78 is 6.80. The summed E-state index contributed by atoms with van der Waals surface area (Å²) in [5, 5.41) is 6.81. The molecule has 0 radical (unpaired) electrons. The molecule has 2 heterocycles. The zero-order chi connectivity index (χ0) is 21.5. The van der Waals surface area contributed by atoms with Gasteiger partial charge in [0.25, 0.3) is 5.91 Å². The van der Waals surface area contributed by atoms with E-state index in [0.717, 1.165) is 10.0 Å². The molecule has 2 aromatic heterocycles. The Balaban J connectivity index is 1.43. The maximum absolute atomic E-state index is 12.3. The van der Waals surface area contributed by atoms with Crippen molar-refractivity contribution >= 4 is 45.0 Å². The number of benzene rings is 1. The molecule has 2 N–H and O–H groups in total. The molecule has 0 aliphatic carbocycles. The highest BCUT2D eigenvalue weighted by molar-refractivity contribution is 9.10. The zero-order valence-electron chi connectivity index (χ0n) is 16.2. The summed E-state index contributed by atoms with van der Waals surface area (Å²) in [7, 11) is 1.63. The van der Waals surface area contributed by atoms with Gasteiger partial charge >= 0.3 is 0 Å². The summed E-state index contributed by atoms with van der Waals surface area (Å²) in [4.78, 5) is 37.9. The smallest absolute Gasteiger partial charge is 0.261 e. The number of hydrogen-bond acceptors (Lipinski definition) is 5. The molecule has 0 bridgehead atoms. The Hall–Kier alpha value is -2.91. The van der Waals surface area contributed by atoms with Crippen LogP contribution in [0, 0.1) is 0 Å². The largest absolute Gasteiger partial charge is 0.459 e. The Morgan fingerprint density at radius 2 is 1.80 bits per heavy atom. The molecule has 3 amide bonds. The summed E-state index contributed by atoms with van der Waals surface area (Å²) >= 11 is 4.69. The third-order valence-electron chi connectivity index (χ3n) is 4.20. The van der Waals surface area contributed by atoms with Crippen LogP contribution < -0.4 is 10.6 Å². The summed E-state index contributed by atoms with van der Waals surface area (Å²) in [6.07, 6.45) is 0. The number of furan rings is 1. The van der Waals surface area contributed by atoms with Crippen molar-refractivity contribution < 1.29 is 18.8 Å². The summed E-state index contributed by atoms with van der Waals surface area (Å²) in [5.41, 5.74) is 0.940. The quantitative estimate of drug-likeness (QED) is 0.507. The average molecular weight is 490 g/mol. The Labute approximate surface area is 186 Å². The third kappa shape index (κ3) is 6.04. The molecule has 0 atom stereocenters. The van der Waals surface area contributed by atoms with Gasteiger partial charge in [-0.25, -0.2) is 0 Å². The normalized spacial score (nSPS) is 10.5. The molecule has 0 spiro atoms. The average Bonchev–Trinajstić information content (AvgIpc) is 3.43. The number of hydrogen-bond donors (Lipinski definition) is 2. The van der Waals surface area contributed by atoms with Crippen molar-refractivity contribution in [3.05, 3.63) is 69.0 Å². The molecule has 0 aliphatic rings. The second kappa shape index (κ2) is 10.2. The van der Waals surface area contributed by atoms with Gasteiger partial charge in [-0.2, -0.15) is 0 Å². The van der Waals surface area contributed by atoms with Gasteiger partial charge in [-0.3, -0.25) is 14.4 Å². The third-order valence-corrected chi connectivity index (χ3v) is 5.60. The highest BCUT2D eigenvalue weighted by Crippen LogP contribution is 2.24. The number of carbonyl (C=O) groups excluding carboxylic acids is 3. The van der Waals surface area contributed by atoms with Gasteiger partial charge in [0.2, 0.25) is 11.8 Å². The van der Waals surface area contributed by atoms with Gasteiger partial charge in [-0.1, -0.05) is 34.1 Å². The number of halogens is 1. The lowest BCUT2D eigenvalue weighted by molar-refractivity contribution is -0.132. The highest BCUT2D eigenvalue weighted by atomic mass is 79.9. The van der Waals surface area contributed by atoms with Gasteiger partial charge in [0, 0.05) is 17.1 Å². The second-order valence-electron chi connectivity index (χ2n) is 6.46. The Kier molecular flexibility index (Phi) is 7.42. The lowest BCUT2D eigenvalue weighted by atomic mass is 10.2. The van der Waals surface area contributed by atoms with Crippen LogP contribution in [0.5, 0.6) is 0 Å². The van der Waals surface area contributed by atoms with Gasteiger partial charge in [-0.15, -0.1) is 11.3 Å². The number of carbonyl (C=O) groups is 3. The minimum atomic E-state index is -0.433. The van der Waals surface area contributed by atoms with Crippen molar-refractivity contribution in [3.63, 3.8) is 0 Å². The number of amides is 3. The van der Waals surface area contributed by atoms with Crippen LogP contribution in [0.3, 0.4) is 0 Å². The Morgan fingerprint density at radius 3 is 2.50 bits per heavy atom. The SMILES string of the molecule is CN(Cc1ccc(-c2ccc(Br)cc2)o1)C(=O)CNC(=O)CNC(=O)c1cccs1. The fourth-order valence-corrected chi connectivity index (χ4v) is 3.49. The first kappa shape index (κ1) is 21.8. The van der Waals surface area contributed by atoms with Crippen molar-refractivity contribution in [1.82, 2.24) is 15.5 Å². The van der Waals surface area contributed by atoms with Crippen LogP contribution in [0.2, 0.25) is 0 Å². The molecule has 3 aromatic rings. The first-order valence-corrected chi connectivity index (χ1v) is 10.8. The number of nitrogens with zero attached hydrogens (tertiary/aromatic N) is 1. The lowest BCUT2D eigenvalue weighted by Gasteiger charge is -2.16. The number of rotatable bonds is 8. The first-order chi connectivity index (χ1) is 14.4. The van der Waals surface area contributed by atoms with E-state index in [-0.39, 0.29) is 31.4 Å². The van der Waals surface area contributed by atoms with Crippen LogP contribution in [-0.2, 0) is 16.1 Å². The molecule has 0 unspecified atom stereocenters. The monoisotopic (exact) mass is 489 g/mol. The van der Waals surface area contributed by atoms with Gasteiger partial charge in [-0.05, 0) is 35.7 Å². The van der Waals surface area contributed by atoms with Gasteiger partial charge in [0.05, 0.1) is 24.5 Å². The predicted octanol–water partition coefficient (Wildman–Crippen LogP) is 3.28. The first-order valence-electron chi connectivity index (χ1n) is 9.09. The zero-order valence-corrected chi connectivity index (χ0v) is 18.6. The van der Waals surface area contributed by atoms with Crippen LogP contribution in [0.25, 0.3) is 11.3 Å². The molecule has 0 saturated carbocycles. The van der Waals surface area contributed by atoms with Crippen LogP contribution in [0.1, 0.15) is 15.4 Å². The highest BCUT2D eigenvalue weighted by Gasteiger charge is 2.14. The molecule has 0 aliphatic heterocycles. The van der Waals surface area contributed by atoms with Crippen molar-refractivity contribution in [1.29, 1.82) is 0 Å². The van der Waals surface area contributed by atoms with Crippen LogP contribution in [-0.4, -0.2) is 42.8 Å². The summed E-state index contributed by atoms with van der Waals surface area (Å²) in [6.45, 7) is -0.0761. The molecule has 7 nitrogen and oxygen atoms in total. The maximum atomic E-state index is 12.3. The molecule has 3 rings (SSSR count). The van der Waals surface area contributed by atoms with E-state index < -0.39 is 5.91 Å². The summed E-state index contributed by atoms with van der Waals surface area (Å²) in [5.74, 6) is 0.334. The molecular weight excluding hydrogens is 470 g/mol. The molecular formula is C21H20BrN3O4S. The van der Waals surface area contributed by atoms with E-state index in [1.807, 2.05) is 36.4 Å². The number of thiophene rings is 1. The van der Waals surface area contributed by atoms with Gasteiger partial charge in [0.15, 0.2) is 0 Å². The molecule has 30 heavy (non-hydrogen) atoms. The van der Waals surface area contributed by atoms with Gasteiger partial charge in [0.1, 0.15) is 11.5 Å². The van der Waals surface area contributed by atoms with Crippen molar-refractivity contribution in [2.75, 3.05) is 20.1 Å². The van der Waals surface area contributed by atoms with Gasteiger partial charge < -0.3 is 20.0 Å². The van der Waals surface area contributed by atoms with E-state index in [2.05, 4.69) is 26.6 Å². The predicted molar refractivity (Wildman–Crippen MR) is 118 cm³/mol. The lowest BCUT2D eigenvalue weighted by Crippen LogP contribution is -2.42. The van der Waals surface area contributed by atoms with E-state index in [4.69, 9.17) is 4.42 Å². The minimum Gasteiger partial charge on any atom is -0.459 e. The molecule has 0 saturated heterocycles. The molecule has 0 fully saturated rings. The Morgan fingerprint density at radius 1 is 1.03 bits per heavy atom. The van der Waals surface area contributed by atoms with E-state index in [9.17, 15) is 14.4 Å². The van der Waals surface area contributed by atoms with Crippen molar-refractivity contribution in [2.45, 2.75) is 6.54 Å². The van der Waals surface area contributed by atoms with E-state index in [0.29, 0.717) is 16.4 Å². The van der Waals surface area contributed by atoms with E-state index >= 15 is 0 Å². The minimum absolute atomic E-state index is 0.162. The fraction of sp³-hybridized carbons (Fsp3) is 0.190. The molecule has 156 valence electrons. The fourth-order valence-electron chi connectivity index (χ4n) is 2.58. The van der Waals surface area contributed by atoms with E-state index in [1.165, 1.54) is 16.2 Å². The molecule has 9 heteroatoms. The molecule has 1 aromatic carbocycles. The van der Waals surface area contributed by atoms with E-state index in [1.54, 1.807) is 24.6 Å². The van der Waals surface area contributed by atoms with Crippen LogP contribution in [0.4, 0.5) is 0 Å². The standard InChI is InChI=1S/C21H20BrN3O4S/c1-25(13-16-8-9-17(29-16)14-4-6-15(22)7-5-14)20(27)12-23-19(26)11-24-21(28)18-3-2-10-30-18/h2-10H,11-13H2,1H3,(H,23,26)(H,24,28). The second-order valence-corrected chi connectivity index (χ2v) is 8.32. The number of likely N-dealkylation sites (N-methyl/N-ethyl adjacent to an activating group) is 1.